The van der Waals surface area contributed by atoms with E-state index < -0.39 is 0 Å². The van der Waals surface area contributed by atoms with Crippen LogP contribution in [-0.4, -0.2) is 9.59 Å². The van der Waals surface area contributed by atoms with E-state index >= 15 is 0 Å². The van der Waals surface area contributed by atoms with Crippen LogP contribution in [0.25, 0.3) is 0 Å². The van der Waals surface area contributed by atoms with Crippen LogP contribution in [0.2, 0.25) is 0 Å². The highest BCUT2D eigenvalue weighted by Gasteiger charge is 2.26. The largest absolute Gasteiger partial charge is 0.271 e. The van der Waals surface area contributed by atoms with Gasteiger partial charge in [0.05, 0.1) is 16.6 Å². The summed E-state index contributed by atoms with van der Waals surface area (Å²) in [6, 6.07) is 8.54. The molecule has 1 unspecified atom stereocenters. The molecule has 0 saturated carbocycles. The highest BCUT2D eigenvalue weighted by molar-refractivity contribution is 14.1. The first-order chi connectivity index (χ1) is 9.41. The number of nitrogens with zero attached hydrogens (tertiary/aromatic N) is 2. The van der Waals surface area contributed by atoms with Gasteiger partial charge in [-0.1, -0.05) is 37.4 Å². The summed E-state index contributed by atoms with van der Waals surface area (Å²) < 4.78 is 5.34. The van der Waals surface area contributed by atoms with Crippen LogP contribution in [0.1, 0.15) is 42.9 Å². The molecule has 0 radical (unpaired) electrons. The first-order valence-corrected chi connectivity index (χ1v) is 8.30. The SMILES string of the molecule is CC(C)(C)c1nnsc1C(Cc1ccc(I)cc1)NN. The van der Waals surface area contributed by atoms with Gasteiger partial charge in [-0.3, -0.25) is 11.3 Å². The molecule has 0 amide bonds. The number of nitrogens with two attached hydrogens (primary N) is 1. The van der Waals surface area contributed by atoms with E-state index in [9.17, 15) is 0 Å². The lowest BCUT2D eigenvalue weighted by atomic mass is 9.89. The van der Waals surface area contributed by atoms with Crippen molar-refractivity contribution in [1.29, 1.82) is 0 Å². The molecule has 0 spiro atoms. The van der Waals surface area contributed by atoms with Crippen molar-refractivity contribution in [3.63, 3.8) is 0 Å². The van der Waals surface area contributed by atoms with Gasteiger partial charge in [0.2, 0.25) is 0 Å². The van der Waals surface area contributed by atoms with Crippen LogP contribution in [0.5, 0.6) is 0 Å². The Balaban J connectivity index is 2.25. The van der Waals surface area contributed by atoms with Crippen molar-refractivity contribution in [1.82, 2.24) is 15.0 Å². The monoisotopic (exact) mass is 402 g/mol. The topological polar surface area (TPSA) is 63.8 Å². The van der Waals surface area contributed by atoms with E-state index in [2.05, 4.69) is 82.6 Å². The molecule has 2 aromatic rings. The highest BCUT2D eigenvalue weighted by Crippen LogP contribution is 2.31. The molecule has 0 aliphatic heterocycles. The molecule has 2 rings (SSSR count). The number of nitrogens with one attached hydrogen (secondary N) is 1. The van der Waals surface area contributed by atoms with Gasteiger partial charge >= 0.3 is 0 Å². The Hall–Kier alpha value is -0.570. The van der Waals surface area contributed by atoms with Crippen molar-refractivity contribution in [3.05, 3.63) is 44.0 Å². The number of hydrogen-bond donors (Lipinski definition) is 2. The molecule has 1 aromatic carbocycles. The van der Waals surface area contributed by atoms with Crippen LogP contribution in [0.3, 0.4) is 0 Å². The van der Waals surface area contributed by atoms with E-state index in [0.717, 1.165) is 17.0 Å². The molecule has 1 atom stereocenters. The number of hydrazine groups is 1. The third kappa shape index (κ3) is 3.75. The van der Waals surface area contributed by atoms with E-state index in [1.54, 1.807) is 0 Å². The number of benzene rings is 1. The molecule has 3 N–H and O–H groups in total. The summed E-state index contributed by atoms with van der Waals surface area (Å²) in [5.74, 6) is 5.75. The molecule has 1 heterocycles. The van der Waals surface area contributed by atoms with Crippen molar-refractivity contribution in [2.75, 3.05) is 0 Å². The van der Waals surface area contributed by atoms with Crippen LogP contribution in [0.4, 0.5) is 0 Å². The fourth-order valence-corrected chi connectivity index (χ4v) is 3.31. The van der Waals surface area contributed by atoms with Crippen molar-refractivity contribution < 1.29 is 0 Å². The molecule has 0 aliphatic rings. The number of rotatable bonds is 4. The van der Waals surface area contributed by atoms with Crippen LogP contribution in [0, 0.1) is 3.57 Å². The molecule has 6 heteroatoms. The smallest absolute Gasteiger partial charge is 0.0857 e. The van der Waals surface area contributed by atoms with Crippen LogP contribution >= 0.6 is 34.1 Å². The summed E-state index contributed by atoms with van der Waals surface area (Å²) in [5.41, 5.74) is 5.16. The standard InChI is InChI=1S/C14H19IN4S/c1-14(2,3)13-12(20-19-18-13)11(17-16)8-9-4-6-10(15)7-5-9/h4-7,11,17H,8,16H2,1-3H3. The van der Waals surface area contributed by atoms with Crippen LogP contribution < -0.4 is 11.3 Å². The van der Waals surface area contributed by atoms with Gasteiger partial charge in [0.25, 0.3) is 0 Å². The second-order valence-electron chi connectivity index (χ2n) is 5.79. The first-order valence-electron chi connectivity index (χ1n) is 6.45. The van der Waals surface area contributed by atoms with Crippen molar-refractivity contribution in [2.24, 2.45) is 5.84 Å². The molecule has 0 bridgehead atoms. The van der Waals surface area contributed by atoms with Gasteiger partial charge in [0.15, 0.2) is 0 Å². The lowest BCUT2D eigenvalue weighted by Crippen LogP contribution is -2.31. The van der Waals surface area contributed by atoms with Crippen molar-refractivity contribution in [3.8, 4) is 0 Å². The summed E-state index contributed by atoms with van der Waals surface area (Å²) in [7, 11) is 0. The van der Waals surface area contributed by atoms with Gasteiger partial charge in [-0.05, 0) is 58.2 Å². The minimum absolute atomic E-state index is 0.0243. The van der Waals surface area contributed by atoms with E-state index in [-0.39, 0.29) is 11.5 Å². The van der Waals surface area contributed by atoms with Gasteiger partial charge in [-0.2, -0.15) is 0 Å². The summed E-state index contributed by atoms with van der Waals surface area (Å²) in [6.45, 7) is 6.43. The second-order valence-corrected chi connectivity index (χ2v) is 7.82. The summed E-state index contributed by atoms with van der Waals surface area (Å²) in [6.07, 6.45) is 0.834. The lowest BCUT2D eigenvalue weighted by molar-refractivity contribution is 0.515. The Morgan fingerprint density at radius 1 is 1.30 bits per heavy atom. The first kappa shape index (κ1) is 15.8. The summed E-state index contributed by atoms with van der Waals surface area (Å²) >= 11 is 3.73. The van der Waals surface area contributed by atoms with E-state index in [0.29, 0.717) is 0 Å². The zero-order valence-corrected chi connectivity index (χ0v) is 14.8. The zero-order chi connectivity index (χ0) is 14.8. The minimum atomic E-state index is -0.0243. The average Bonchev–Trinajstić information content (AvgIpc) is 2.87. The van der Waals surface area contributed by atoms with E-state index in [1.165, 1.54) is 20.7 Å². The van der Waals surface area contributed by atoms with Crippen LogP contribution in [0.15, 0.2) is 24.3 Å². The Bertz CT molecular complexity index is 559. The van der Waals surface area contributed by atoms with E-state index in [1.807, 2.05) is 0 Å². The number of hydrogen-bond acceptors (Lipinski definition) is 5. The molecule has 0 aliphatic carbocycles. The third-order valence-corrected chi connectivity index (χ3v) is 4.65. The maximum Gasteiger partial charge on any atom is 0.0857 e. The van der Waals surface area contributed by atoms with E-state index in [4.69, 9.17) is 5.84 Å². The van der Waals surface area contributed by atoms with Crippen molar-refractivity contribution >= 4 is 34.1 Å². The Morgan fingerprint density at radius 2 is 1.95 bits per heavy atom. The van der Waals surface area contributed by atoms with Gasteiger partial charge < -0.3 is 0 Å². The minimum Gasteiger partial charge on any atom is -0.271 e. The quantitative estimate of drug-likeness (QED) is 0.469. The maximum atomic E-state index is 5.75. The maximum absolute atomic E-state index is 5.75. The number of aromatic nitrogens is 2. The molecular weight excluding hydrogens is 383 g/mol. The fraction of sp³-hybridized carbons (Fsp3) is 0.429. The molecule has 1 aromatic heterocycles. The fourth-order valence-electron chi connectivity index (χ4n) is 2.03. The van der Waals surface area contributed by atoms with Gasteiger partial charge in [0.1, 0.15) is 0 Å². The lowest BCUT2D eigenvalue weighted by Gasteiger charge is -2.21. The number of halogens is 1. The normalized spacial score (nSPS) is 13.4. The molecule has 20 heavy (non-hydrogen) atoms. The third-order valence-electron chi connectivity index (χ3n) is 3.09. The second kappa shape index (κ2) is 6.46. The molecular formula is C14H19IN4S. The summed E-state index contributed by atoms with van der Waals surface area (Å²) in [5, 5.41) is 4.28. The molecule has 108 valence electrons. The highest BCUT2D eigenvalue weighted by atomic mass is 127. The zero-order valence-electron chi connectivity index (χ0n) is 11.9. The Kier molecular flexibility index (Phi) is 5.11. The van der Waals surface area contributed by atoms with Crippen molar-refractivity contribution in [2.45, 2.75) is 38.6 Å². The molecule has 0 fully saturated rings. The Morgan fingerprint density at radius 3 is 2.50 bits per heavy atom. The Labute approximate surface area is 137 Å². The summed E-state index contributed by atoms with van der Waals surface area (Å²) in [4.78, 5) is 1.12. The average molecular weight is 402 g/mol. The van der Waals surface area contributed by atoms with Gasteiger partial charge in [0, 0.05) is 8.99 Å². The molecule has 0 saturated heterocycles. The van der Waals surface area contributed by atoms with Gasteiger partial charge in [-0.15, -0.1) is 5.10 Å². The predicted molar refractivity (Wildman–Crippen MR) is 91.5 cm³/mol. The molecule has 4 nitrogen and oxygen atoms in total. The van der Waals surface area contributed by atoms with Crippen LogP contribution in [-0.2, 0) is 11.8 Å². The predicted octanol–water partition coefficient (Wildman–Crippen LogP) is 3.19. The van der Waals surface area contributed by atoms with Gasteiger partial charge in [-0.25, -0.2) is 0 Å².